The van der Waals surface area contributed by atoms with Crippen LogP contribution in [-0.2, 0) is 19.6 Å². The second kappa shape index (κ2) is 10.0. The minimum absolute atomic E-state index is 0.0103. The quantitative estimate of drug-likeness (QED) is 0.465. The first-order valence-electron chi connectivity index (χ1n) is 12.1. The molecule has 2 atom stereocenters. The number of anilines is 1. The third kappa shape index (κ3) is 5.68. The highest BCUT2D eigenvalue weighted by atomic mass is 32.2. The summed E-state index contributed by atoms with van der Waals surface area (Å²) in [5, 5.41) is 0. The van der Waals surface area contributed by atoms with E-state index in [-0.39, 0.29) is 34.7 Å². The Kier molecular flexibility index (Phi) is 7.13. The zero-order valence-corrected chi connectivity index (χ0v) is 22.4. The fourth-order valence-corrected chi connectivity index (χ4v) is 5.54. The molecule has 1 saturated heterocycles. The monoisotopic (exact) mass is 528 g/mol. The Hall–Kier alpha value is -3.67. The number of carbonyl (C=O) groups excluding carboxylic acids is 2. The summed E-state index contributed by atoms with van der Waals surface area (Å²) in [6.07, 6.45) is 3.04. The number of hydrogen-bond donors (Lipinski definition) is 2. The summed E-state index contributed by atoms with van der Waals surface area (Å²) in [5.74, 6) is -0.452. The SMILES string of the molecule is CC[C@H]1CN(C(=O)OC(C)(C)C)C[C@H]1C(=O)NNc1cnc2c(ccn2S(=O)(=O)c2ccc(C)cc2)n1. The number of carbonyl (C=O) groups is 2. The molecule has 37 heavy (non-hydrogen) atoms. The predicted molar refractivity (Wildman–Crippen MR) is 138 cm³/mol. The Bertz CT molecular complexity index is 1410. The van der Waals surface area contributed by atoms with Crippen molar-refractivity contribution >= 4 is 39.0 Å². The molecule has 1 aliphatic heterocycles. The van der Waals surface area contributed by atoms with Crippen LogP contribution in [0.2, 0.25) is 0 Å². The molecule has 2 N–H and O–H groups in total. The number of amides is 2. The van der Waals surface area contributed by atoms with Crippen LogP contribution in [0, 0.1) is 18.8 Å². The van der Waals surface area contributed by atoms with Crippen LogP contribution in [0.3, 0.4) is 0 Å². The minimum Gasteiger partial charge on any atom is -0.444 e. The molecule has 1 aromatic carbocycles. The Morgan fingerprint density at radius 2 is 1.84 bits per heavy atom. The average Bonchev–Trinajstić information content (AvgIpc) is 3.46. The first-order chi connectivity index (χ1) is 17.4. The summed E-state index contributed by atoms with van der Waals surface area (Å²) in [4.78, 5) is 35.8. The lowest BCUT2D eigenvalue weighted by molar-refractivity contribution is -0.125. The molecule has 0 saturated carbocycles. The van der Waals surface area contributed by atoms with Crippen LogP contribution < -0.4 is 10.9 Å². The third-order valence-electron chi connectivity index (χ3n) is 6.20. The topological polar surface area (TPSA) is 136 Å². The molecule has 0 spiro atoms. The molecule has 1 aliphatic rings. The molecule has 0 radical (unpaired) electrons. The lowest BCUT2D eigenvalue weighted by Gasteiger charge is -2.24. The number of hydrazine groups is 1. The zero-order valence-electron chi connectivity index (χ0n) is 21.6. The highest BCUT2D eigenvalue weighted by molar-refractivity contribution is 7.90. The zero-order chi connectivity index (χ0) is 27.0. The summed E-state index contributed by atoms with van der Waals surface area (Å²) in [6.45, 7) is 9.96. The van der Waals surface area contributed by atoms with Crippen molar-refractivity contribution in [1.82, 2.24) is 24.3 Å². The Balaban J connectivity index is 1.44. The van der Waals surface area contributed by atoms with Gasteiger partial charge in [-0.1, -0.05) is 31.0 Å². The number of aryl methyl sites for hydroxylation is 1. The molecule has 3 aromatic rings. The fraction of sp³-hybridized carbons (Fsp3) is 0.440. The minimum atomic E-state index is -3.84. The van der Waals surface area contributed by atoms with Crippen molar-refractivity contribution in [3.8, 4) is 0 Å². The van der Waals surface area contributed by atoms with Gasteiger partial charge < -0.3 is 9.64 Å². The highest BCUT2D eigenvalue weighted by Gasteiger charge is 2.40. The molecule has 198 valence electrons. The van der Waals surface area contributed by atoms with Crippen molar-refractivity contribution in [1.29, 1.82) is 0 Å². The van der Waals surface area contributed by atoms with Gasteiger partial charge in [0, 0.05) is 19.3 Å². The first-order valence-corrected chi connectivity index (χ1v) is 13.5. The maximum Gasteiger partial charge on any atom is 0.410 e. The number of ether oxygens (including phenoxy) is 1. The number of benzene rings is 1. The third-order valence-corrected chi connectivity index (χ3v) is 7.88. The molecular formula is C25H32N6O5S. The number of fused-ring (bicyclic) bond motifs is 1. The molecule has 11 nitrogen and oxygen atoms in total. The van der Waals surface area contributed by atoms with Crippen molar-refractivity contribution in [2.24, 2.45) is 11.8 Å². The molecule has 0 bridgehead atoms. The van der Waals surface area contributed by atoms with E-state index in [0.717, 1.165) is 16.0 Å². The van der Waals surface area contributed by atoms with E-state index in [0.29, 0.717) is 12.1 Å². The van der Waals surface area contributed by atoms with Gasteiger partial charge in [-0.25, -0.2) is 27.2 Å². The molecule has 12 heteroatoms. The molecule has 3 heterocycles. The van der Waals surface area contributed by atoms with Crippen LogP contribution in [0.15, 0.2) is 47.6 Å². The number of nitrogens with one attached hydrogen (secondary N) is 2. The van der Waals surface area contributed by atoms with Crippen molar-refractivity contribution in [3.63, 3.8) is 0 Å². The summed E-state index contributed by atoms with van der Waals surface area (Å²) in [6, 6.07) is 8.10. The standard InChI is InChI=1S/C25H32N6O5S/c1-6-17-14-30(24(33)36-25(3,4)5)15-19(17)23(32)29-28-21-13-26-22-20(27-21)11-12-31(22)37(34,35)18-9-7-16(2)8-10-18/h7-13,17,19H,6,14-15H2,1-5H3,(H,27,28)(H,29,32)/t17-,19+/m0/s1. The van der Waals surface area contributed by atoms with Crippen LogP contribution in [0.5, 0.6) is 0 Å². The fourth-order valence-electron chi connectivity index (χ4n) is 4.24. The number of aromatic nitrogens is 3. The van der Waals surface area contributed by atoms with Crippen molar-refractivity contribution in [2.45, 2.75) is 51.5 Å². The van der Waals surface area contributed by atoms with Gasteiger partial charge in [0.25, 0.3) is 10.0 Å². The number of likely N-dealkylation sites (tertiary alicyclic amines) is 1. The summed E-state index contributed by atoms with van der Waals surface area (Å²) in [7, 11) is -3.84. The lowest BCUT2D eigenvalue weighted by atomic mass is 9.93. The van der Waals surface area contributed by atoms with Crippen molar-refractivity contribution in [3.05, 3.63) is 48.3 Å². The predicted octanol–water partition coefficient (Wildman–Crippen LogP) is 3.31. The van der Waals surface area contributed by atoms with Crippen LogP contribution >= 0.6 is 0 Å². The maximum atomic E-state index is 13.1. The molecule has 2 amide bonds. The molecule has 0 unspecified atom stereocenters. The summed E-state index contributed by atoms with van der Waals surface area (Å²) < 4.78 is 32.7. The van der Waals surface area contributed by atoms with Gasteiger partial charge >= 0.3 is 6.09 Å². The Labute approximate surface area is 216 Å². The van der Waals surface area contributed by atoms with E-state index < -0.39 is 27.6 Å². The largest absolute Gasteiger partial charge is 0.444 e. The van der Waals surface area contributed by atoms with Crippen LogP contribution in [-0.4, -0.2) is 57.9 Å². The van der Waals surface area contributed by atoms with E-state index in [9.17, 15) is 18.0 Å². The first kappa shape index (κ1) is 26.4. The maximum absolute atomic E-state index is 13.1. The molecule has 0 aliphatic carbocycles. The summed E-state index contributed by atoms with van der Waals surface area (Å²) in [5.41, 5.74) is 6.27. The lowest BCUT2D eigenvalue weighted by Crippen LogP contribution is -2.39. The average molecular weight is 529 g/mol. The Morgan fingerprint density at radius 1 is 1.14 bits per heavy atom. The van der Waals surface area contributed by atoms with E-state index in [1.165, 1.54) is 12.4 Å². The van der Waals surface area contributed by atoms with Crippen molar-refractivity contribution < 1.29 is 22.7 Å². The number of nitrogens with zero attached hydrogens (tertiary/aromatic N) is 4. The smallest absolute Gasteiger partial charge is 0.410 e. The van der Waals surface area contributed by atoms with Gasteiger partial charge in [-0.3, -0.25) is 15.6 Å². The van der Waals surface area contributed by atoms with Crippen LogP contribution in [0.25, 0.3) is 11.2 Å². The molecule has 4 rings (SSSR count). The second-order valence-corrected chi connectivity index (χ2v) is 12.0. The Morgan fingerprint density at radius 3 is 2.49 bits per heavy atom. The normalized spacial score (nSPS) is 18.1. The van der Waals surface area contributed by atoms with Crippen LogP contribution in [0.4, 0.5) is 10.6 Å². The van der Waals surface area contributed by atoms with Gasteiger partial charge in [-0.15, -0.1) is 0 Å². The van der Waals surface area contributed by atoms with Gasteiger partial charge in [0.1, 0.15) is 11.1 Å². The second-order valence-electron chi connectivity index (χ2n) is 10.2. The van der Waals surface area contributed by atoms with E-state index in [4.69, 9.17) is 4.74 Å². The van der Waals surface area contributed by atoms with Crippen LogP contribution in [0.1, 0.15) is 39.7 Å². The van der Waals surface area contributed by atoms with E-state index in [2.05, 4.69) is 20.8 Å². The van der Waals surface area contributed by atoms with E-state index in [1.807, 2.05) is 13.8 Å². The van der Waals surface area contributed by atoms with Gasteiger partial charge in [0.15, 0.2) is 11.5 Å². The van der Waals surface area contributed by atoms with Gasteiger partial charge in [0.05, 0.1) is 17.0 Å². The van der Waals surface area contributed by atoms with Crippen molar-refractivity contribution in [2.75, 3.05) is 18.5 Å². The number of rotatable bonds is 6. The molecular weight excluding hydrogens is 496 g/mol. The summed E-state index contributed by atoms with van der Waals surface area (Å²) >= 11 is 0. The van der Waals surface area contributed by atoms with Gasteiger partial charge in [0.2, 0.25) is 5.91 Å². The molecule has 2 aromatic heterocycles. The highest BCUT2D eigenvalue weighted by Crippen LogP contribution is 2.28. The van der Waals surface area contributed by atoms with Gasteiger partial charge in [-0.2, -0.15) is 0 Å². The van der Waals surface area contributed by atoms with Gasteiger partial charge in [-0.05, 0) is 51.8 Å². The van der Waals surface area contributed by atoms with E-state index in [1.54, 1.807) is 56.0 Å². The van der Waals surface area contributed by atoms with E-state index >= 15 is 0 Å². The number of hydrogen-bond acceptors (Lipinski definition) is 8. The molecule has 1 fully saturated rings.